The van der Waals surface area contributed by atoms with E-state index >= 15 is 0 Å². The highest BCUT2D eigenvalue weighted by molar-refractivity contribution is 7.10. The monoisotopic (exact) mass is 383 g/mol. The highest BCUT2D eigenvalue weighted by Gasteiger charge is 2.33. The molecule has 1 fully saturated rings. The zero-order valence-corrected chi connectivity index (χ0v) is 14.6. The number of thiazole rings is 1. The third kappa shape index (κ3) is 3.36. The van der Waals surface area contributed by atoms with Gasteiger partial charge in [0.2, 0.25) is 0 Å². The lowest BCUT2D eigenvalue weighted by molar-refractivity contribution is -0.385. The number of anilines is 1. The molecule has 2 heterocycles. The minimum atomic E-state index is -0.995. The van der Waals surface area contributed by atoms with Crippen LogP contribution in [-0.4, -0.2) is 29.0 Å². The van der Waals surface area contributed by atoms with Crippen LogP contribution in [0.4, 0.5) is 20.2 Å². The predicted molar refractivity (Wildman–Crippen MR) is 90.4 cm³/mol. The Morgan fingerprint density at radius 1 is 1.46 bits per heavy atom. The molecule has 10 heteroatoms. The van der Waals surface area contributed by atoms with Crippen molar-refractivity contribution in [2.24, 2.45) is 0 Å². The van der Waals surface area contributed by atoms with Gasteiger partial charge in [0.1, 0.15) is 10.7 Å². The van der Waals surface area contributed by atoms with Gasteiger partial charge in [0.25, 0.3) is 5.69 Å². The quantitative estimate of drug-likeness (QED) is 0.443. The highest BCUT2D eigenvalue weighted by Crippen LogP contribution is 2.40. The summed E-state index contributed by atoms with van der Waals surface area (Å²) in [6.45, 7) is 2.29. The number of carbonyl (C=O) groups excluding carboxylic acids is 1. The summed E-state index contributed by atoms with van der Waals surface area (Å²) in [5, 5.41) is 12.8. The molecule has 1 atom stereocenters. The first-order valence-corrected chi connectivity index (χ1v) is 8.83. The minimum absolute atomic E-state index is 0.156. The van der Waals surface area contributed by atoms with Crippen molar-refractivity contribution in [2.45, 2.75) is 25.8 Å². The summed E-state index contributed by atoms with van der Waals surface area (Å²) in [5.41, 5.74) is -0.798. The Labute approximate surface area is 151 Å². The molecule has 1 saturated heterocycles. The third-order valence-corrected chi connectivity index (χ3v) is 4.99. The van der Waals surface area contributed by atoms with Crippen LogP contribution in [0.5, 0.6) is 0 Å². The van der Waals surface area contributed by atoms with Gasteiger partial charge in [-0.1, -0.05) is 0 Å². The number of carbonyl (C=O) groups is 1. The summed E-state index contributed by atoms with van der Waals surface area (Å²) in [6.07, 6.45) is 1.28. The smallest absolute Gasteiger partial charge is 0.357 e. The Morgan fingerprint density at radius 2 is 2.15 bits per heavy atom. The fraction of sp³-hybridized carbons (Fsp3) is 0.375. The number of aromatic nitrogens is 1. The van der Waals surface area contributed by atoms with Gasteiger partial charge < -0.3 is 9.64 Å². The Balaban J connectivity index is 1.92. The maximum Gasteiger partial charge on any atom is 0.357 e. The standard InChI is InChI=1S/C16H15F2N3O4S/c1-2-25-16(22)12-8-26-15(19-12)13-4-3-5-20(13)14-10(17)6-9(21(23)24)7-11(14)18/h6-8,13H,2-5H2,1H3. The molecule has 1 aliphatic rings. The normalized spacial score (nSPS) is 16.7. The van der Waals surface area contributed by atoms with E-state index in [1.165, 1.54) is 16.2 Å². The number of hydrogen-bond donors (Lipinski definition) is 0. The van der Waals surface area contributed by atoms with Crippen LogP contribution in [-0.2, 0) is 4.74 Å². The molecule has 3 rings (SSSR count). The van der Waals surface area contributed by atoms with E-state index in [1.807, 2.05) is 0 Å². The summed E-state index contributed by atoms with van der Waals surface area (Å²) < 4.78 is 33.6. The SMILES string of the molecule is CCOC(=O)c1csc(C2CCCN2c2c(F)cc([N+](=O)[O-])cc2F)n1. The molecule has 0 bridgehead atoms. The summed E-state index contributed by atoms with van der Waals surface area (Å²) >= 11 is 1.21. The Kier molecular flexibility index (Phi) is 5.12. The van der Waals surface area contributed by atoms with E-state index in [-0.39, 0.29) is 18.0 Å². The van der Waals surface area contributed by atoms with E-state index in [4.69, 9.17) is 4.74 Å². The maximum absolute atomic E-state index is 14.4. The predicted octanol–water partition coefficient (Wildman–Crippen LogP) is 3.85. The lowest BCUT2D eigenvalue weighted by Crippen LogP contribution is -2.25. The molecule has 0 radical (unpaired) electrons. The van der Waals surface area contributed by atoms with Crippen molar-refractivity contribution < 1.29 is 23.2 Å². The number of nitro benzene ring substituents is 1. The number of hydrogen-bond acceptors (Lipinski definition) is 7. The van der Waals surface area contributed by atoms with Crippen LogP contribution in [0.15, 0.2) is 17.5 Å². The van der Waals surface area contributed by atoms with E-state index in [1.54, 1.807) is 12.3 Å². The fourth-order valence-corrected chi connectivity index (χ4v) is 3.90. The van der Waals surface area contributed by atoms with Gasteiger partial charge in [0.15, 0.2) is 17.3 Å². The number of nitro groups is 1. The lowest BCUT2D eigenvalue weighted by Gasteiger charge is -2.26. The van der Waals surface area contributed by atoms with Crippen molar-refractivity contribution in [3.05, 3.63) is 50.0 Å². The Hall–Kier alpha value is -2.62. The molecule has 1 aromatic carbocycles. The molecule has 0 N–H and O–H groups in total. The maximum atomic E-state index is 14.4. The number of nitrogens with zero attached hydrogens (tertiary/aromatic N) is 3. The van der Waals surface area contributed by atoms with Crippen molar-refractivity contribution in [2.75, 3.05) is 18.1 Å². The average Bonchev–Trinajstić information content (AvgIpc) is 3.23. The van der Waals surface area contributed by atoms with Crippen molar-refractivity contribution in [1.82, 2.24) is 4.98 Å². The largest absolute Gasteiger partial charge is 0.461 e. The molecule has 0 saturated carbocycles. The van der Waals surface area contributed by atoms with Gasteiger partial charge in [-0.15, -0.1) is 11.3 Å². The van der Waals surface area contributed by atoms with Crippen molar-refractivity contribution >= 4 is 28.7 Å². The van der Waals surface area contributed by atoms with Crippen molar-refractivity contribution in [3.63, 3.8) is 0 Å². The Bertz CT molecular complexity index is 835. The summed E-state index contributed by atoms with van der Waals surface area (Å²) in [5.74, 6) is -2.54. The van der Waals surface area contributed by atoms with Gasteiger partial charge in [-0.05, 0) is 19.8 Å². The second-order valence-electron chi connectivity index (χ2n) is 5.66. The fourth-order valence-electron chi connectivity index (χ4n) is 2.96. The van der Waals surface area contributed by atoms with Crippen molar-refractivity contribution in [3.8, 4) is 0 Å². The molecular weight excluding hydrogens is 368 g/mol. The van der Waals surface area contributed by atoms with Crippen LogP contribution in [0, 0.1) is 21.7 Å². The number of esters is 1. The van der Waals surface area contributed by atoms with Gasteiger partial charge in [0.05, 0.1) is 29.7 Å². The van der Waals surface area contributed by atoms with Gasteiger partial charge in [0, 0.05) is 11.9 Å². The van der Waals surface area contributed by atoms with Crippen LogP contribution in [0.2, 0.25) is 0 Å². The average molecular weight is 383 g/mol. The minimum Gasteiger partial charge on any atom is -0.461 e. The molecule has 1 aliphatic heterocycles. The number of ether oxygens (including phenoxy) is 1. The molecule has 2 aromatic rings. The highest BCUT2D eigenvalue weighted by atomic mass is 32.1. The first kappa shape index (κ1) is 18.2. The lowest BCUT2D eigenvalue weighted by atomic mass is 10.2. The number of benzene rings is 1. The zero-order valence-electron chi connectivity index (χ0n) is 13.8. The first-order chi connectivity index (χ1) is 12.4. The van der Waals surface area contributed by atoms with Gasteiger partial charge >= 0.3 is 5.97 Å². The topological polar surface area (TPSA) is 85.6 Å². The molecule has 7 nitrogen and oxygen atoms in total. The van der Waals surface area contributed by atoms with Gasteiger partial charge in [-0.3, -0.25) is 10.1 Å². The van der Waals surface area contributed by atoms with Crippen molar-refractivity contribution in [1.29, 1.82) is 0 Å². The van der Waals surface area contributed by atoms with E-state index in [0.29, 0.717) is 36.5 Å². The van der Waals surface area contributed by atoms with Crippen LogP contribution >= 0.6 is 11.3 Å². The zero-order chi connectivity index (χ0) is 18.8. The van der Waals surface area contributed by atoms with E-state index in [9.17, 15) is 23.7 Å². The molecule has 0 spiro atoms. The number of rotatable bonds is 5. The van der Waals surface area contributed by atoms with E-state index in [0.717, 1.165) is 0 Å². The first-order valence-electron chi connectivity index (χ1n) is 7.95. The summed E-state index contributed by atoms with van der Waals surface area (Å²) in [7, 11) is 0. The number of non-ortho nitro benzene ring substituents is 1. The summed E-state index contributed by atoms with van der Waals surface area (Å²) in [6, 6.07) is 1.01. The van der Waals surface area contributed by atoms with Crippen LogP contribution in [0.1, 0.15) is 41.3 Å². The van der Waals surface area contributed by atoms with E-state index < -0.39 is 34.3 Å². The van der Waals surface area contributed by atoms with Gasteiger partial charge in [-0.2, -0.15) is 0 Å². The molecule has 138 valence electrons. The molecule has 1 unspecified atom stereocenters. The molecule has 0 amide bonds. The summed E-state index contributed by atoms with van der Waals surface area (Å²) in [4.78, 5) is 27.4. The van der Waals surface area contributed by atoms with Gasteiger partial charge in [-0.25, -0.2) is 18.6 Å². The Morgan fingerprint density at radius 3 is 2.77 bits per heavy atom. The van der Waals surface area contributed by atoms with Crippen LogP contribution in [0.3, 0.4) is 0 Å². The van der Waals surface area contributed by atoms with Crippen LogP contribution < -0.4 is 4.90 Å². The molecule has 0 aliphatic carbocycles. The second kappa shape index (κ2) is 7.32. The second-order valence-corrected chi connectivity index (χ2v) is 6.55. The van der Waals surface area contributed by atoms with Crippen LogP contribution in [0.25, 0.3) is 0 Å². The number of halogens is 2. The molecule has 1 aromatic heterocycles. The van der Waals surface area contributed by atoms with E-state index in [2.05, 4.69) is 4.98 Å². The molecule has 26 heavy (non-hydrogen) atoms. The molecular formula is C16H15F2N3O4S. The third-order valence-electron chi connectivity index (χ3n) is 4.04.